The van der Waals surface area contributed by atoms with Crippen molar-refractivity contribution in [3.63, 3.8) is 0 Å². The molecule has 0 bridgehead atoms. The van der Waals surface area contributed by atoms with Crippen molar-refractivity contribution in [1.29, 1.82) is 0 Å². The highest BCUT2D eigenvalue weighted by atomic mass is 16.6. The number of alkyl carbamates (subject to hydrolysis) is 1. The number of nitrogens with one attached hydrogen (secondary N) is 2. The van der Waals surface area contributed by atoms with Crippen LogP contribution in [0.3, 0.4) is 0 Å². The van der Waals surface area contributed by atoms with E-state index in [2.05, 4.69) is 110 Å². The summed E-state index contributed by atoms with van der Waals surface area (Å²) in [4.78, 5) is 28.4. The number of amides is 2. The molecule has 0 radical (unpaired) electrons. The van der Waals surface area contributed by atoms with Gasteiger partial charge in [-0.2, -0.15) is 0 Å². The van der Waals surface area contributed by atoms with Crippen LogP contribution in [-0.4, -0.2) is 53.4 Å². The molecule has 2 saturated carbocycles. The third-order valence-corrected chi connectivity index (χ3v) is 11.4. The Balaban J connectivity index is 1.18. The first kappa shape index (κ1) is 36.6. The van der Waals surface area contributed by atoms with Crippen molar-refractivity contribution in [2.45, 2.75) is 180 Å². The summed E-state index contributed by atoms with van der Waals surface area (Å²) in [5.74, 6) is 2.13. The first-order valence-corrected chi connectivity index (χ1v) is 18.1. The van der Waals surface area contributed by atoms with Crippen LogP contribution in [0.25, 0.3) is 0 Å². The maximum absolute atomic E-state index is 13.2. The molecule has 0 aromatic heterocycles. The summed E-state index contributed by atoms with van der Waals surface area (Å²) in [6.07, 6.45) is 11.0. The Kier molecular flexibility index (Phi) is 11.2. The van der Waals surface area contributed by atoms with Crippen LogP contribution in [0.5, 0.6) is 5.75 Å². The van der Waals surface area contributed by atoms with E-state index >= 15 is 0 Å². The van der Waals surface area contributed by atoms with Gasteiger partial charge < -0.3 is 20.1 Å². The molecule has 3 aliphatic rings. The van der Waals surface area contributed by atoms with E-state index in [0.29, 0.717) is 17.6 Å². The second-order valence-electron chi connectivity index (χ2n) is 18.2. The van der Waals surface area contributed by atoms with Crippen LogP contribution >= 0.6 is 0 Å². The average molecular weight is 640 g/mol. The molecule has 1 aromatic carbocycles. The first-order chi connectivity index (χ1) is 21.2. The molecule has 3 fully saturated rings. The number of carbonyl (C=O) groups excluding carboxylic acids is 2. The molecule has 1 heterocycles. The Morgan fingerprint density at radius 1 is 0.739 bits per heavy atom. The summed E-state index contributed by atoms with van der Waals surface area (Å²) in [6.45, 7) is 21.9. The van der Waals surface area contributed by atoms with E-state index in [-0.39, 0.29) is 52.3 Å². The molecule has 2 amide bonds. The molecule has 2 N–H and O–H groups in total. The largest absolute Gasteiger partial charge is 0.446 e. The zero-order valence-corrected chi connectivity index (χ0v) is 31.0. The van der Waals surface area contributed by atoms with E-state index < -0.39 is 0 Å². The van der Waals surface area contributed by atoms with Gasteiger partial charge in [0.1, 0.15) is 11.9 Å². The van der Waals surface area contributed by atoms with Crippen molar-refractivity contribution in [2.24, 2.45) is 11.8 Å². The second kappa shape index (κ2) is 14.1. The minimum Gasteiger partial charge on any atom is -0.446 e. The van der Waals surface area contributed by atoms with Crippen LogP contribution < -0.4 is 15.4 Å². The summed E-state index contributed by atoms with van der Waals surface area (Å²) < 4.78 is 12.1. The molecule has 7 heteroatoms. The molecule has 0 unspecified atom stereocenters. The van der Waals surface area contributed by atoms with Gasteiger partial charge in [0.25, 0.3) is 0 Å². The normalized spacial score (nSPS) is 27.5. The van der Waals surface area contributed by atoms with Gasteiger partial charge in [0.15, 0.2) is 0 Å². The first-order valence-electron chi connectivity index (χ1n) is 18.1. The molecule has 4 rings (SSSR count). The number of benzene rings is 1. The standard InChI is InChI=1S/C39H65N3O4/c1-36(2,3)31-13-12-14-32(37(4,5)6)33(31)46-35(44)41-29-21-17-27(18-22-29)23-26-15-19-28(20-16-26)40-34(43)45-30-24-38(7,8)42(11)39(9,10)25-30/h12-14,26-30H,15-25H2,1-11H3,(H,40,43)(H,41,44). The van der Waals surface area contributed by atoms with E-state index in [4.69, 9.17) is 9.47 Å². The number of carbonyl (C=O) groups is 2. The number of likely N-dealkylation sites (tertiary alicyclic amines) is 1. The van der Waals surface area contributed by atoms with Gasteiger partial charge in [0.05, 0.1) is 0 Å². The minimum absolute atomic E-state index is 0.00225. The number of ether oxygens (including phenoxy) is 2. The molecule has 2 aliphatic carbocycles. The van der Waals surface area contributed by atoms with Crippen molar-refractivity contribution in [1.82, 2.24) is 15.5 Å². The molecular weight excluding hydrogens is 574 g/mol. The van der Waals surface area contributed by atoms with E-state index in [9.17, 15) is 9.59 Å². The van der Waals surface area contributed by atoms with E-state index in [1.807, 2.05) is 0 Å². The van der Waals surface area contributed by atoms with Crippen molar-refractivity contribution in [2.75, 3.05) is 7.05 Å². The van der Waals surface area contributed by atoms with Crippen LogP contribution in [0, 0.1) is 11.8 Å². The minimum atomic E-state index is -0.335. The highest BCUT2D eigenvalue weighted by molar-refractivity contribution is 5.72. The number of hydrogen-bond donors (Lipinski definition) is 2. The Morgan fingerprint density at radius 2 is 1.15 bits per heavy atom. The lowest BCUT2D eigenvalue weighted by Gasteiger charge is -2.53. The van der Waals surface area contributed by atoms with Gasteiger partial charge in [0.2, 0.25) is 0 Å². The van der Waals surface area contributed by atoms with Crippen molar-refractivity contribution in [3.8, 4) is 5.75 Å². The summed E-state index contributed by atoms with van der Waals surface area (Å²) in [7, 11) is 2.17. The third kappa shape index (κ3) is 9.41. The molecule has 1 aliphatic heterocycles. The number of rotatable bonds is 6. The number of para-hydroxylation sites is 1. The maximum atomic E-state index is 13.2. The second-order valence-corrected chi connectivity index (χ2v) is 18.2. The highest BCUT2D eigenvalue weighted by Gasteiger charge is 2.44. The van der Waals surface area contributed by atoms with Crippen LogP contribution in [-0.2, 0) is 15.6 Å². The monoisotopic (exact) mass is 639 g/mol. The number of hydrogen-bond acceptors (Lipinski definition) is 5. The van der Waals surface area contributed by atoms with Crippen molar-refractivity contribution >= 4 is 12.2 Å². The van der Waals surface area contributed by atoms with Gasteiger partial charge in [0, 0.05) is 47.1 Å². The number of nitrogens with zero attached hydrogens (tertiary/aromatic N) is 1. The van der Waals surface area contributed by atoms with Crippen molar-refractivity contribution in [3.05, 3.63) is 29.3 Å². The van der Waals surface area contributed by atoms with E-state index in [1.54, 1.807) is 0 Å². The lowest BCUT2D eigenvalue weighted by molar-refractivity contribution is -0.0686. The maximum Gasteiger partial charge on any atom is 0.412 e. The molecule has 7 nitrogen and oxygen atoms in total. The summed E-state index contributed by atoms with van der Waals surface area (Å²) in [6, 6.07) is 6.60. The summed E-state index contributed by atoms with van der Waals surface area (Å²) >= 11 is 0. The average Bonchev–Trinajstić information content (AvgIpc) is 2.92. The molecule has 260 valence electrons. The quantitative estimate of drug-likeness (QED) is 0.324. The van der Waals surface area contributed by atoms with Crippen LogP contribution in [0.4, 0.5) is 9.59 Å². The zero-order chi connectivity index (χ0) is 34.1. The molecule has 46 heavy (non-hydrogen) atoms. The SMILES string of the molecule is CN1C(C)(C)CC(OC(=O)NC2CCC(CC3CCC(NC(=O)Oc4c(C(C)(C)C)cccc4C(C)(C)C)CC3)CC2)CC1(C)C. The van der Waals surface area contributed by atoms with E-state index in [1.165, 1.54) is 6.42 Å². The molecule has 1 saturated heterocycles. The van der Waals surface area contributed by atoms with Gasteiger partial charge in [-0.05, 0) is 115 Å². The Morgan fingerprint density at radius 3 is 1.57 bits per heavy atom. The summed E-state index contributed by atoms with van der Waals surface area (Å²) in [5.41, 5.74) is 1.86. The number of piperidine rings is 1. The van der Waals surface area contributed by atoms with E-state index in [0.717, 1.165) is 75.3 Å². The fourth-order valence-electron chi connectivity index (χ4n) is 8.39. The van der Waals surface area contributed by atoms with Gasteiger partial charge in [-0.1, -0.05) is 59.7 Å². The Bertz CT molecular complexity index is 1140. The van der Waals surface area contributed by atoms with Gasteiger partial charge in [-0.3, -0.25) is 4.90 Å². The predicted octanol–water partition coefficient (Wildman–Crippen LogP) is 9.26. The molecule has 1 aromatic rings. The van der Waals surface area contributed by atoms with Crippen LogP contribution in [0.15, 0.2) is 18.2 Å². The topological polar surface area (TPSA) is 79.9 Å². The Hall–Kier alpha value is -2.28. The molecule has 0 atom stereocenters. The molecule has 0 spiro atoms. The lowest BCUT2D eigenvalue weighted by atomic mass is 9.76. The summed E-state index contributed by atoms with van der Waals surface area (Å²) in [5, 5.41) is 6.39. The lowest BCUT2D eigenvalue weighted by Crippen LogP contribution is -2.60. The smallest absolute Gasteiger partial charge is 0.412 e. The van der Waals surface area contributed by atoms with Crippen LogP contribution in [0.1, 0.15) is 151 Å². The van der Waals surface area contributed by atoms with Gasteiger partial charge in [-0.15, -0.1) is 0 Å². The van der Waals surface area contributed by atoms with Gasteiger partial charge >= 0.3 is 12.2 Å². The Labute approximate surface area is 280 Å². The third-order valence-electron chi connectivity index (χ3n) is 11.4. The highest BCUT2D eigenvalue weighted by Crippen LogP contribution is 2.41. The van der Waals surface area contributed by atoms with Crippen molar-refractivity contribution < 1.29 is 19.1 Å². The predicted molar refractivity (Wildman–Crippen MR) is 188 cm³/mol. The zero-order valence-electron chi connectivity index (χ0n) is 31.0. The van der Waals surface area contributed by atoms with Gasteiger partial charge in [-0.25, -0.2) is 9.59 Å². The fourth-order valence-corrected chi connectivity index (χ4v) is 8.39. The fraction of sp³-hybridized carbons (Fsp3) is 0.795. The molecular formula is C39H65N3O4. The van der Waals surface area contributed by atoms with Crippen LogP contribution in [0.2, 0.25) is 0 Å².